The second-order valence-corrected chi connectivity index (χ2v) is 5.66. The van der Waals surface area contributed by atoms with Gasteiger partial charge in [-0.15, -0.1) is 0 Å². The number of hydrogen-bond acceptors (Lipinski definition) is 4. The number of rotatable bonds is 7. The van der Waals surface area contributed by atoms with Crippen LogP contribution in [0.15, 0.2) is 30.3 Å². The zero-order chi connectivity index (χ0) is 18.6. The molecule has 0 spiro atoms. The lowest BCUT2D eigenvalue weighted by Gasteiger charge is -2.19. The zero-order valence-corrected chi connectivity index (χ0v) is 14.7. The van der Waals surface area contributed by atoms with Crippen molar-refractivity contribution in [1.82, 2.24) is 9.88 Å². The van der Waals surface area contributed by atoms with Gasteiger partial charge in [-0.1, -0.05) is 6.07 Å². The summed E-state index contributed by atoms with van der Waals surface area (Å²) < 4.78 is 12.2. The topological polar surface area (TPSA) is 89.8 Å². The van der Waals surface area contributed by atoms with Gasteiger partial charge in [-0.2, -0.15) is 0 Å². The quantitative estimate of drug-likeness (QED) is 0.803. The lowest BCUT2D eigenvalue weighted by molar-refractivity contribution is -0.137. The fourth-order valence-corrected chi connectivity index (χ4v) is 2.57. The van der Waals surface area contributed by atoms with Crippen molar-refractivity contribution in [3.63, 3.8) is 0 Å². The summed E-state index contributed by atoms with van der Waals surface area (Å²) in [6.07, 6.45) is -0.245. The third kappa shape index (κ3) is 4.12. The van der Waals surface area contributed by atoms with E-state index in [1.54, 1.807) is 35.9 Å². The summed E-state index contributed by atoms with van der Waals surface area (Å²) in [7, 11) is 4.80. The minimum absolute atomic E-state index is 0.245. The summed E-state index contributed by atoms with van der Waals surface area (Å²) in [5.41, 5.74) is 2.03. The summed E-state index contributed by atoms with van der Waals surface area (Å²) in [6, 6.07) is 7.91. The molecule has 7 nitrogen and oxygen atoms in total. The number of carbonyl (C=O) groups is 2. The Morgan fingerprint density at radius 3 is 2.36 bits per heavy atom. The number of amides is 1. The van der Waals surface area contributed by atoms with Crippen LogP contribution in [0.3, 0.4) is 0 Å². The van der Waals surface area contributed by atoms with E-state index in [0.29, 0.717) is 22.8 Å². The molecule has 0 unspecified atom stereocenters. The van der Waals surface area contributed by atoms with E-state index in [1.807, 2.05) is 13.0 Å². The van der Waals surface area contributed by atoms with Crippen molar-refractivity contribution in [3.8, 4) is 11.5 Å². The maximum atomic E-state index is 12.5. The Kier molecular flexibility index (Phi) is 5.69. The molecule has 2 N–H and O–H groups in total. The Balaban J connectivity index is 2.31. The molecule has 1 heterocycles. The van der Waals surface area contributed by atoms with E-state index in [4.69, 9.17) is 9.47 Å². The summed E-state index contributed by atoms with van der Waals surface area (Å²) in [4.78, 5) is 23.8. The highest BCUT2D eigenvalue weighted by atomic mass is 16.5. The molecule has 7 heteroatoms. The van der Waals surface area contributed by atoms with Crippen LogP contribution in [0.25, 0.3) is 0 Å². The third-order valence-corrected chi connectivity index (χ3v) is 4.10. The van der Waals surface area contributed by atoms with E-state index < -0.39 is 12.0 Å². The van der Waals surface area contributed by atoms with Crippen molar-refractivity contribution in [1.29, 1.82) is 0 Å². The Bertz CT molecular complexity index is 782. The lowest BCUT2D eigenvalue weighted by Crippen LogP contribution is -2.31. The Labute approximate surface area is 146 Å². The molecule has 25 heavy (non-hydrogen) atoms. The van der Waals surface area contributed by atoms with E-state index in [1.165, 1.54) is 14.2 Å². The maximum Gasteiger partial charge on any atom is 0.305 e. The molecule has 0 saturated heterocycles. The summed E-state index contributed by atoms with van der Waals surface area (Å²) in [5, 5.41) is 12.0. The molecule has 1 amide bonds. The van der Waals surface area contributed by atoms with Gasteiger partial charge in [0.2, 0.25) is 0 Å². The minimum Gasteiger partial charge on any atom is -0.493 e. The van der Waals surface area contributed by atoms with Crippen LogP contribution in [0.4, 0.5) is 0 Å². The smallest absolute Gasteiger partial charge is 0.305 e. The van der Waals surface area contributed by atoms with Crippen LogP contribution >= 0.6 is 0 Å². The number of nitrogens with one attached hydrogen (secondary N) is 1. The van der Waals surface area contributed by atoms with Crippen molar-refractivity contribution in [2.24, 2.45) is 7.05 Å². The maximum absolute atomic E-state index is 12.5. The van der Waals surface area contributed by atoms with Crippen LogP contribution in [0.1, 0.15) is 34.2 Å². The SMILES string of the molecule is COc1ccc([C@H](CC(=O)O)NC(=O)c2ccc(C)n2C)cc1OC. The first kappa shape index (κ1) is 18.4. The van der Waals surface area contributed by atoms with Crippen LogP contribution in [-0.2, 0) is 11.8 Å². The van der Waals surface area contributed by atoms with Gasteiger partial charge in [0, 0.05) is 12.7 Å². The van der Waals surface area contributed by atoms with Crippen molar-refractivity contribution in [2.45, 2.75) is 19.4 Å². The number of hydrogen-bond donors (Lipinski definition) is 2. The second kappa shape index (κ2) is 7.74. The molecule has 1 aromatic carbocycles. The molecule has 0 saturated carbocycles. The van der Waals surface area contributed by atoms with Gasteiger partial charge in [0.25, 0.3) is 5.91 Å². The molecule has 0 fully saturated rings. The largest absolute Gasteiger partial charge is 0.493 e. The zero-order valence-electron chi connectivity index (χ0n) is 14.7. The molecule has 2 aromatic rings. The van der Waals surface area contributed by atoms with Crippen molar-refractivity contribution < 1.29 is 24.2 Å². The first-order valence-electron chi connectivity index (χ1n) is 7.74. The van der Waals surface area contributed by atoms with E-state index in [2.05, 4.69) is 5.32 Å². The number of aliphatic carboxylic acids is 1. The van der Waals surface area contributed by atoms with Gasteiger partial charge in [0.05, 0.1) is 26.7 Å². The monoisotopic (exact) mass is 346 g/mol. The van der Waals surface area contributed by atoms with Gasteiger partial charge in [-0.3, -0.25) is 9.59 Å². The van der Waals surface area contributed by atoms with E-state index >= 15 is 0 Å². The summed E-state index contributed by atoms with van der Waals surface area (Å²) in [6.45, 7) is 1.89. The predicted octanol–water partition coefficient (Wildman–Crippen LogP) is 2.30. The van der Waals surface area contributed by atoms with Crippen LogP contribution in [-0.4, -0.2) is 35.8 Å². The normalized spacial score (nSPS) is 11.7. The summed E-state index contributed by atoms with van der Waals surface area (Å²) >= 11 is 0. The predicted molar refractivity (Wildman–Crippen MR) is 92.2 cm³/mol. The average Bonchev–Trinajstić information content (AvgIpc) is 2.92. The molecule has 0 bridgehead atoms. The lowest BCUT2D eigenvalue weighted by atomic mass is 10.0. The Morgan fingerprint density at radius 2 is 1.84 bits per heavy atom. The number of methoxy groups -OCH3 is 2. The van der Waals surface area contributed by atoms with Crippen molar-refractivity contribution in [3.05, 3.63) is 47.3 Å². The first-order valence-corrected chi connectivity index (χ1v) is 7.74. The van der Waals surface area contributed by atoms with Crippen molar-refractivity contribution >= 4 is 11.9 Å². The first-order chi connectivity index (χ1) is 11.9. The Morgan fingerprint density at radius 1 is 1.16 bits per heavy atom. The molecule has 1 atom stereocenters. The number of benzene rings is 1. The molecular formula is C18H22N2O5. The van der Waals surface area contributed by atoms with Crippen LogP contribution in [0, 0.1) is 6.92 Å². The highest BCUT2D eigenvalue weighted by molar-refractivity contribution is 5.93. The van der Waals surface area contributed by atoms with Gasteiger partial charge in [0.1, 0.15) is 5.69 Å². The molecule has 134 valence electrons. The third-order valence-electron chi connectivity index (χ3n) is 4.10. The number of aryl methyl sites for hydroxylation is 1. The molecule has 2 rings (SSSR count). The molecule has 1 aromatic heterocycles. The highest BCUT2D eigenvalue weighted by Crippen LogP contribution is 2.31. The van der Waals surface area contributed by atoms with Gasteiger partial charge in [0.15, 0.2) is 11.5 Å². The molecule has 0 aliphatic rings. The number of carboxylic acid groups (broad SMARTS) is 1. The number of ether oxygens (including phenoxy) is 2. The van der Waals surface area contributed by atoms with E-state index in [0.717, 1.165) is 5.69 Å². The number of nitrogens with zero attached hydrogens (tertiary/aromatic N) is 1. The Hall–Kier alpha value is -2.96. The van der Waals surface area contributed by atoms with Crippen LogP contribution < -0.4 is 14.8 Å². The number of aromatic nitrogens is 1. The number of carbonyl (C=O) groups excluding carboxylic acids is 1. The second-order valence-electron chi connectivity index (χ2n) is 5.66. The van der Waals surface area contributed by atoms with Crippen LogP contribution in [0.5, 0.6) is 11.5 Å². The minimum atomic E-state index is -1.01. The van der Waals surface area contributed by atoms with E-state index in [9.17, 15) is 14.7 Å². The van der Waals surface area contributed by atoms with Crippen LogP contribution in [0.2, 0.25) is 0 Å². The van der Waals surface area contributed by atoms with Gasteiger partial charge in [-0.05, 0) is 36.8 Å². The number of carboxylic acids is 1. The average molecular weight is 346 g/mol. The van der Waals surface area contributed by atoms with Crippen molar-refractivity contribution in [2.75, 3.05) is 14.2 Å². The summed E-state index contributed by atoms with van der Waals surface area (Å²) in [5.74, 6) is -0.344. The molecule has 0 radical (unpaired) electrons. The fraction of sp³-hybridized carbons (Fsp3) is 0.333. The molecule has 0 aliphatic carbocycles. The molecular weight excluding hydrogens is 324 g/mol. The highest BCUT2D eigenvalue weighted by Gasteiger charge is 2.22. The van der Waals surface area contributed by atoms with E-state index in [-0.39, 0.29) is 12.3 Å². The fourth-order valence-electron chi connectivity index (χ4n) is 2.57. The van der Waals surface area contributed by atoms with Gasteiger partial charge < -0.3 is 24.5 Å². The standard InChI is InChI=1S/C18H22N2O5/c1-11-5-7-14(20(11)2)18(23)19-13(10-17(21)22)12-6-8-15(24-3)16(9-12)25-4/h5-9,13H,10H2,1-4H3,(H,19,23)(H,21,22)/t13-/m0/s1. The van der Waals surface area contributed by atoms with Gasteiger partial charge in [-0.25, -0.2) is 0 Å². The van der Waals surface area contributed by atoms with Gasteiger partial charge >= 0.3 is 5.97 Å². The molecule has 0 aliphatic heterocycles.